The maximum absolute atomic E-state index is 12.1. The number of thioether (sulfide) groups is 1. The van der Waals surface area contributed by atoms with Gasteiger partial charge in [-0.15, -0.1) is 0 Å². The van der Waals surface area contributed by atoms with Gasteiger partial charge in [0.25, 0.3) is 0 Å². The minimum Gasteiger partial charge on any atom is -0.384 e. The summed E-state index contributed by atoms with van der Waals surface area (Å²) in [5.74, 6) is 0.265. The first-order chi connectivity index (χ1) is 9.94. The fourth-order valence-electron chi connectivity index (χ4n) is 1.61. The van der Waals surface area contributed by atoms with E-state index in [0.29, 0.717) is 21.7 Å². The highest BCUT2D eigenvalue weighted by Crippen LogP contribution is 2.22. The van der Waals surface area contributed by atoms with Gasteiger partial charge in [0.15, 0.2) is 5.16 Å². The van der Waals surface area contributed by atoms with Crippen LogP contribution in [0, 0.1) is 6.92 Å². The Morgan fingerprint density at radius 2 is 2.00 bits per heavy atom. The van der Waals surface area contributed by atoms with E-state index in [2.05, 4.69) is 15.3 Å². The van der Waals surface area contributed by atoms with Crippen LogP contribution in [0.1, 0.15) is 12.6 Å². The van der Waals surface area contributed by atoms with Gasteiger partial charge < -0.3 is 11.1 Å². The number of nitrogen functional groups attached to an aromatic ring is 1. The molecule has 0 radical (unpaired) electrons. The third-order valence-electron chi connectivity index (χ3n) is 2.62. The molecule has 1 unspecified atom stereocenters. The molecule has 0 aliphatic carbocycles. The van der Waals surface area contributed by atoms with E-state index in [4.69, 9.17) is 17.3 Å². The van der Waals surface area contributed by atoms with Crippen LogP contribution in [-0.2, 0) is 4.79 Å². The summed E-state index contributed by atoms with van der Waals surface area (Å²) in [5.41, 5.74) is 7.14. The highest BCUT2D eigenvalue weighted by Gasteiger charge is 2.16. The van der Waals surface area contributed by atoms with Crippen molar-refractivity contribution in [2.45, 2.75) is 24.3 Å². The molecule has 1 heterocycles. The van der Waals surface area contributed by atoms with Gasteiger partial charge in [-0.05, 0) is 38.1 Å². The van der Waals surface area contributed by atoms with Gasteiger partial charge in [-0.1, -0.05) is 23.4 Å². The predicted octanol–water partition coefficient (Wildman–Crippen LogP) is 3.14. The van der Waals surface area contributed by atoms with Crippen molar-refractivity contribution in [3.8, 4) is 0 Å². The summed E-state index contributed by atoms with van der Waals surface area (Å²) in [6, 6.07) is 8.62. The van der Waals surface area contributed by atoms with Gasteiger partial charge in [0.2, 0.25) is 5.91 Å². The number of benzene rings is 1. The van der Waals surface area contributed by atoms with Crippen molar-refractivity contribution in [2.24, 2.45) is 0 Å². The Morgan fingerprint density at radius 3 is 2.62 bits per heavy atom. The van der Waals surface area contributed by atoms with Crippen molar-refractivity contribution in [3.05, 3.63) is 41.0 Å². The van der Waals surface area contributed by atoms with E-state index in [0.717, 1.165) is 5.69 Å². The standard InChI is InChI=1S/C14H15ClN4OS/c1-8-7-12(16)19-14(17-8)21-9(2)13(20)18-11-5-3-10(15)4-6-11/h3-7,9H,1-2H3,(H,18,20)(H2,16,17,19). The number of amides is 1. The van der Waals surface area contributed by atoms with Crippen LogP contribution < -0.4 is 11.1 Å². The van der Waals surface area contributed by atoms with Crippen molar-refractivity contribution in [3.63, 3.8) is 0 Å². The number of rotatable bonds is 4. The Morgan fingerprint density at radius 1 is 1.33 bits per heavy atom. The molecule has 2 aromatic rings. The van der Waals surface area contributed by atoms with Gasteiger partial charge >= 0.3 is 0 Å². The minimum absolute atomic E-state index is 0.133. The summed E-state index contributed by atoms with van der Waals surface area (Å²) < 4.78 is 0. The van der Waals surface area contributed by atoms with E-state index in [1.165, 1.54) is 11.8 Å². The van der Waals surface area contributed by atoms with Crippen LogP contribution in [0.2, 0.25) is 5.02 Å². The van der Waals surface area contributed by atoms with E-state index in [1.54, 1.807) is 37.3 Å². The zero-order valence-electron chi connectivity index (χ0n) is 11.6. The molecular formula is C14H15ClN4OS. The quantitative estimate of drug-likeness (QED) is 0.667. The molecular weight excluding hydrogens is 308 g/mol. The number of hydrogen-bond acceptors (Lipinski definition) is 5. The molecule has 0 aliphatic rings. The molecule has 0 fully saturated rings. The molecule has 7 heteroatoms. The van der Waals surface area contributed by atoms with Gasteiger partial charge in [0.05, 0.1) is 5.25 Å². The molecule has 3 N–H and O–H groups in total. The van der Waals surface area contributed by atoms with Crippen LogP contribution >= 0.6 is 23.4 Å². The second kappa shape index (κ2) is 6.78. The molecule has 2 rings (SSSR count). The summed E-state index contributed by atoms with van der Waals surface area (Å²) in [5, 5.41) is 3.58. The van der Waals surface area contributed by atoms with E-state index in [1.807, 2.05) is 6.92 Å². The molecule has 1 aromatic heterocycles. The van der Waals surface area contributed by atoms with E-state index in [9.17, 15) is 4.79 Å². The molecule has 110 valence electrons. The summed E-state index contributed by atoms with van der Waals surface area (Å²) in [6.07, 6.45) is 0. The molecule has 0 saturated heterocycles. The Balaban J connectivity index is 2.00. The first kappa shape index (κ1) is 15.6. The lowest BCUT2D eigenvalue weighted by molar-refractivity contribution is -0.115. The second-order valence-corrected chi connectivity index (χ2v) is 6.22. The summed E-state index contributed by atoms with van der Waals surface area (Å²) in [7, 11) is 0. The van der Waals surface area contributed by atoms with Gasteiger partial charge in [-0.2, -0.15) is 0 Å². The summed E-state index contributed by atoms with van der Waals surface area (Å²) in [4.78, 5) is 20.5. The monoisotopic (exact) mass is 322 g/mol. The highest BCUT2D eigenvalue weighted by atomic mass is 35.5. The van der Waals surface area contributed by atoms with Crippen LogP contribution in [0.3, 0.4) is 0 Å². The Kier molecular flexibility index (Phi) is 5.03. The number of anilines is 2. The topological polar surface area (TPSA) is 80.9 Å². The number of carbonyl (C=O) groups is 1. The lowest BCUT2D eigenvalue weighted by Gasteiger charge is -2.11. The second-order valence-electron chi connectivity index (χ2n) is 4.47. The van der Waals surface area contributed by atoms with Gasteiger partial charge in [0, 0.05) is 22.5 Å². The van der Waals surface area contributed by atoms with Gasteiger partial charge in [0.1, 0.15) is 5.82 Å². The van der Waals surface area contributed by atoms with Crippen LogP contribution in [0.4, 0.5) is 11.5 Å². The molecule has 5 nitrogen and oxygen atoms in total. The molecule has 0 spiro atoms. The average Bonchev–Trinajstić information content (AvgIpc) is 2.40. The third kappa shape index (κ3) is 4.61. The Labute approximate surface area is 132 Å². The highest BCUT2D eigenvalue weighted by molar-refractivity contribution is 8.00. The third-order valence-corrected chi connectivity index (χ3v) is 3.83. The van der Waals surface area contributed by atoms with Crippen LogP contribution in [0.15, 0.2) is 35.5 Å². The first-order valence-corrected chi connectivity index (χ1v) is 7.54. The van der Waals surface area contributed by atoms with Crippen molar-refractivity contribution in [1.29, 1.82) is 0 Å². The zero-order valence-corrected chi connectivity index (χ0v) is 13.2. The summed E-state index contributed by atoms with van der Waals surface area (Å²) in [6.45, 7) is 3.62. The van der Waals surface area contributed by atoms with E-state index in [-0.39, 0.29) is 11.2 Å². The number of nitrogens with one attached hydrogen (secondary N) is 1. The lowest BCUT2D eigenvalue weighted by Crippen LogP contribution is -2.22. The number of nitrogens with two attached hydrogens (primary N) is 1. The molecule has 0 saturated carbocycles. The van der Waals surface area contributed by atoms with Crippen LogP contribution in [0.25, 0.3) is 0 Å². The number of halogens is 1. The molecule has 21 heavy (non-hydrogen) atoms. The molecule has 1 aromatic carbocycles. The van der Waals surface area contributed by atoms with Crippen LogP contribution in [0.5, 0.6) is 0 Å². The normalized spacial score (nSPS) is 12.0. The zero-order chi connectivity index (χ0) is 15.4. The average molecular weight is 323 g/mol. The molecule has 0 bridgehead atoms. The maximum Gasteiger partial charge on any atom is 0.237 e. The molecule has 1 amide bonds. The fourth-order valence-corrected chi connectivity index (χ4v) is 2.57. The number of carbonyl (C=O) groups excluding carboxylic acids is 1. The van der Waals surface area contributed by atoms with Crippen molar-refractivity contribution >= 4 is 40.8 Å². The van der Waals surface area contributed by atoms with Crippen molar-refractivity contribution in [1.82, 2.24) is 9.97 Å². The summed E-state index contributed by atoms with van der Waals surface area (Å²) >= 11 is 7.06. The van der Waals surface area contributed by atoms with Gasteiger partial charge in [-0.25, -0.2) is 9.97 Å². The van der Waals surface area contributed by atoms with Crippen molar-refractivity contribution in [2.75, 3.05) is 11.1 Å². The molecule has 1 atom stereocenters. The molecule has 0 aliphatic heterocycles. The smallest absolute Gasteiger partial charge is 0.237 e. The van der Waals surface area contributed by atoms with Crippen molar-refractivity contribution < 1.29 is 4.79 Å². The van der Waals surface area contributed by atoms with E-state index < -0.39 is 0 Å². The number of aromatic nitrogens is 2. The maximum atomic E-state index is 12.1. The Hall–Kier alpha value is -1.79. The lowest BCUT2D eigenvalue weighted by atomic mass is 10.3. The fraction of sp³-hybridized carbons (Fsp3) is 0.214. The van der Waals surface area contributed by atoms with Crippen LogP contribution in [-0.4, -0.2) is 21.1 Å². The van der Waals surface area contributed by atoms with E-state index >= 15 is 0 Å². The largest absolute Gasteiger partial charge is 0.384 e. The first-order valence-electron chi connectivity index (χ1n) is 6.28. The Bertz CT molecular complexity index is 628. The minimum atomic E-state index is -0.345. The van der Waals surface area contributed by atoms with Gasteiger partial charge in [-0.3, -0.25) is 4.79 Å². The number of hydrogen-bond donors (Lipinski definition) is 2. The SMILES string of the molecule is Cc1cc(N)nc(SC(C)C(=O)Nc2ccc(Cl)cc2)n1. The number of nitrogens with zero attached hydrogens (tertiary/aromatic N) is 2. The predicted molar refractivity (Wildman–Crippen MR) is 86.6 cm³/mol. The number of aryl methyl sites for hydroxylation is 1.